The molecule has 2 aliphatic rings. The molecule has 0 aliphatic heterocycles. The molecule has 0 unspecified atom stereocenters. The summed E-state index contributed by atoms with van der Waals surface area (Å²) in [6, 6.07) is 0. The predicted octanol–water partition coefficient (Wildman–Crippen LogP) is 3.40. The van der Waals surface area contributed by atoms with E-state index in [0.717, 1.165) is 0 Å². The molecule has 82 valence electrons. The minimum Gasteiger partial charge on any atom is -0.258 e. The maximum atomic E-state index is 12.6. The Morgan fingerprint density at radius 1 is 0.786 bits per heavy atom. The summed E-state index contributed by atoms with van der Waals surface area (Å²) >= 11 is 0. The zero-order valence-corrected chi connectivity index (χ0v) is 10.3. The second kappa shape index (κ2) is 3.62. The monoisotopic (exact) mass is 214 g/mol. The van der Waals surface area contributed by atoms with Gasteiger partial charge in [-0.15, -0.1) is 0 Å². The fourth-order valence-corrected chi connectivity index (χ4v) is 5.72. The normalized spacial score (nSPS) is 29.9. The number of hydrogen-bond acceptors (Lipinski definition) is 1. The highest BCUT2D eigenvalue weighted by Gasteiger charge is 2.45. The predicted molar refractivity (Wildman–Crippen MR) is 61.9 cm³/mol. The molecule has 0 amide bonds. The van der Waals surface area contributed by atoms with Gasteiger partial charge in [-0.2, -0.15) is 0 Å². The Morgan fingerprint density at radius 2 is 1.07 bits per heavy atom. The van der Waals surface area contributed by atoms with Crippen molar-refractivity contribution >= 4 is 10.8 Å². The van der Waals surface area contributed by atoms with E-state index in [-0.39, 0.29) is 9.49 Å². The van der Waals surface area contributed by atoms with Crippen molar-refractivity contribution < 1.29 is 4.21 Å². The third kappa shape index (κ3) is 1.66. The molecule has 2 aliphatic carbocycles. The van der Waals surface area contributed by atoms with E-state index in [0.29, 0.717) is 0 Å². The van der Waals surface area contributed by atoms with E-state index in [1.807, 2.05) is 0 Å². The molecule has 0 spiro atoms. The summed E-state index contributed by atoms with van der Waals surface area (Å²) in [6.45, 7) is 4.50. The Bertz CT molecular complexity index is 211. The van der Waals surface area contributed by atoms with Crippen LogP contribution in [-0.2, 0) is 10.8 Å². The Kier molecular flexibility index (Phi) is 2.76. The third-order valence-electron chi connectivity index (χ3n) is 4.22. The van der Waals surface area contributed by atoms with Gasteiger partial charge in [0.15, 0.2) is 0 Å². The molecule has 0 aromatic heterocycles. The lowest BCUT2D eigenvalue weighted by atomic mass is 10.1. The van der Waals surface area contributed by atoms with Gasteiger partial charge >= 0.3 is 0 Å². The first kappa shape index (κ1) is 10.7. The minimum absolute atomic E-state index is 0.152. The van der Waals surface area contributed by atoms with Gasteiger partial charge < -0.3 is 0 Å². The van der Waals surface area contributed by atoms with Crippen LogP contribution in [0.2, 0.25) is 0 Å². The maximum Gasteiger partial charge on any atom is 0.0436 e. The van der Waals surface area contributed by atoms with Crippen molar-refractivity contribution in [3.8, 4) is 0 Å². The molecule has 0 radical (unpaired) electrons. The summed E-state index contributed by atoms with van der Waals surface area (Å²) in [5.41, 5.74) is 0. The number of hydrogen-bond donors (Lipinski definition) is 0. The molecule has 0 bridgehead atoms. The molecule has 2 fully saturated rings. The fraction of sp³-hybridized carbons (Fsp3) is 1.00. The molecule has 0 saturated heterocycles. The van der Waals surface area contributed by atoms with E-state index in [1.54, 1.807) is 0 Å². The van der Waals surface area contributed by atoms with Gasteiger partial charge in [0.2, 0.25) is 0 Å². The van der Waals surface area contributed by atoms with Crippen LogP contribution in [0.15, 0.2) is 0 Å². The molecule has 1 nitrogen and oxygen atoms in total. The van der Waals surface area contributed by atoms with Crippen molar-refractivity contribution in [1.29, 1.82) is 0 Å². The van der Waals surface area contributed by atoms with Crippen LogP contribution in [0.3, 0.4) is 0 Å². The molecular weight excluding hydrogens is 192 g/mol. The van der Waals surface area contributed by atoms with Crippen LogP contribution >= 0.6 is 0 Å². The van der Waals surface area contributed by atoms with Crippen molar-refractivity contribution in [3.63, 3.8) is 0 Å². The van der Waals surface area contributed by atoms with Gasteiger partial charge in [-0.1, -0.05) is 25.7 Å². The van der Waals surface area contributed by atoms with Crippen LogP contribution in [0.5, 0.6) is 0 Å². The van der Waals surface area contributed by atoms with Gasteiger partial charge in [0.25, 0.3) is 0 Å². The van der Waals surface area contributed by atoms with Crippen LogP contribution in [-0.4, -0.2) is 13.7 Å². The van der Waals surface area contributed by atoms with E-state index < -0.39 is 10.8 Å². The second-order valence-electron chi connectivity index (χ2n) is 5.58. The molecule has 2 saturated carbocycles. The lowest BCUT2D eigenvalue weighted by Crippen LogP contribution is -2.40. The van der Waals surface area contributed by atoms with Crippen molar-refractivity contribution in [2.24, 2.45) is 0 Å². The van der Waals surface area contributed by atoms with Crippen LogP contribution in [0.4, 0.5) is 0 Å². The van der Waals surface area contributed by atoms with Crippen LogP contribution in [0, 0.1) is 0 Å². The fourth-order valence-electron chi connectivity index (χ4n) is 3.21. The Hall–Kier alpha value is 0.150. The second-order valence-corrected chi connectivity index (χ2v) is 8.09. The molecule has 14 heavy (non-hydrogen) atoms. The summed E-state index contributed by atoms with van der Waals surface area (Å²) in [6.07, 6.45) is 9.92. The highest BCUT2D eigenvalue weighted by atomic mass is 32.2. The molecular formula is C12H22OS. The third-order valence-corrected chi connectivity index (χ3v) is 6.82. The molecule has 2 rings (SSSR count). The Balaban J connectivity index is 2.13. The highest BCUT2D eigenvalue weighted by molar-refractivity contribution is 7.87. The van der Waals surface area contributed by atoms with Crippen LogP contribution < -0.4 is 0 Å². The zero-order valence-electron chi connectivity index (χ0n) is 9.47. The quantitative estimate of drug-likeness (QED) is 0.688. The SMILES string of the molecule is CC1(S(=O)C2(C)CCCC2)CCCC1. The van der Waals surface area contributed by atoms with Crippen molar-refractivity contribution in [2.75, 3.05) is 0 Å². The zero-order chi connectivity index (χ0) is 10.2. The Labute approximate surface area is 90.1 Å². The summed E-state index contributed by atoms with van der Waals surface area (Å²) in [4.78, 5) is 0. The van der Waals surface area contributed by atoms with Crippen LogP contribution in [0.25, 0.3) is 0 Å². The highest BCUT2D eigenvalue weighted by Crippen LogP contribution is 2.44. The lowest BCUT2D eigenvalue weighted by molar-refractivity contribution is 0.550. The van der Waals surface area contributed by atoms with E-state index in [9.17, 15) is 4.21 Å². The van der Waals surface area contributed by atoms with Crippen molar-refractivity contribution in [2.45, 2.75) is 74.7 Å². The van der Waals surface area contributed by atoms with Gasteiger partial charge in [-0.05, 0) is 39.5 Å². The van der Waals surface area contributed by atoms with Crippen molar-refractivity contribution in [3.05, 3.63) is 0 Å². The maximum absolute atomic E-state index is 12.6. The molecule has 0 atom stereocenters. The van der Waals surface area contributed by atoms with Gasteiger partial charge in [0, 0.05) is 20.3 Å². The number of rotatable bonds is 2. The van der Waals surface area contributed by atoms with Crippen LogP contribution in [0.1, 0.15) is 65.2 Å². The van der Waals surface area contributed by atoms with E-state index in [2.05, 4.69) is 13.8 Å². The molecule has 2 heteroatoms. The van der Waals surface area contributed by atoms with Gasteiger partial charge in [0.05, 0.1) is 0 Å². The average molecular weight is 214 g/mol. The summed E-state index contributed by atoms with van der Waals surface area (Å²) in [5, 5.41) is 0. The standard InChI is InChI=1S/C12H22OS/c1-11(7-3-4-8-11)14(13)12(2)9-5-6-10-12/h3-10H2,1-2H3. The molecule has 0 heterocycles. The smallest absolute Gasteiger partial charge is 0.0436 e. The van der Waals surface area contributed by atoms with E-state index in [1.165, 1.54) is 51.4 Å². The summed E-state index contributed by atoms with van der Waals surface area (Å²) in [7, 11) is -0.602. The molecule has 0 N–H and O–H groups in total. The van der Waals surface area contributed by atoms with E-state index >= 15 is 0 Å². The molecule has 0 aromatic rings. The van der Waals surface area contributed by atoms with Crippen molar-refractivity contribution in [1.82, 2.24) is 0 Å². The summed E-state index contributed by atoms with van der Waals surface area (Å²) < 4.78 is 12.9. The van der Waals surface area contributed by atoms with Gasteiger partial charge in [-0.25, -0.2) is 0 Å². The van der Waals surface area contributed by atoms with E-state index in [4.69, 9.17) is 0 Å². The first-order valence-corrected chi connectivity index (χ1v) is 7.14. The first-order chi connectivity index (χ1) is 6.57. The largest absolute Gasteiger partial charge is 0.258 e. The lowest BCUT2D eigenvalue weighted by Gasteiger charge is -2.33. The van der Waals surface area contributed by atoms with Gasteiger partial charge in [-0.3, -0.25) is 4.21 Å². The average Bonchev–Trinajstić information content (AvgIpc) is 2.75. The topological polar surface area (TPSA) is 17.1 Å². The first-order valence-electron chi connectivity index (χ1n) is 5.99. The minimum atomic E-state index is -0.602. The summed E-state index contributed by atoms with van der Waals surface area (Å²) in [5.74, 6) is 0. The molecule has 0 aromatic carbocycles. The Morgan fingerprint density at radius 3 is 1.36 bits per heavy atom. The van der Waals surface area contributed by atoms with Gasteiger partial charge in [0.1, 0.15) is 0 Å².